The summed E-state index contributed by atoms with van der Waals surface area (Å²) in [6.45, 7) is 3.39. The van der Waals surface area contributed by atoms with Gasteiger partial charge in [0.2, 0.25) is 0 Å². The predicted molar refractivity (Wildman–Crippen MR) is 86.1 cm³/mol. The lowest BCUT2D eigenvalue weighted by molar-refractivity contribution is -0.192. The van der Waals surface area contributed by atoms with Crippen molar-refractivity contribution in [2.45, 2.75) is 52.1 Å². The summed E-state index contributed by atoms with van der Waals surface area (Å²) in [6, 6.07) is 7.51. The van der Waals surface area contributed by atoms with E-state index < -0.39 is 22.9 Å². The van der Waals surface area contributed by atoms with Crippen LogP contribution in [0.2, 0.25) is 0 Å². The second-order valence-electron chi connectivity index (χ2n) is 7.23. The quantitative estimate of drug-likeness (QED) is 0.614. The van der Waals surface area contributed by atoms with Crippen molar-refractivity contribution >= 4 is 11.8 Å². The highest BCUT2D eigenvalue weighted by Crippen LogP contribution is 2.55. The molecule has 0 aromatic heterocycles. The van der Waals surface area contributed by atoms with Crippen LogP contribution in [0, 0.1) is 10.8 Å². The van der Waals surface area contributed by atoms with Crippen LogP contribution in [0.5, 0.6) is 5.75 Å². The molecule has 1 atom stereocenters. The second-order valence-corrected chi connectivity index (χ2v) is 7.23. The summed E-state index contributed by atoms with van der Waals surface area (Å²) < 4.78 is 11.0. The van der Waals surface area contributed by atoms with Gasteiger partial charge in [-0.3, -0.25) is 9.59 Å². The highest BCUT2D eigenvalue weighted by molar-refractivity contribution is 6.08. The van der Waals surface area contributed by atoms with Crippen LogP contribution >= 0.6 is 0 Å². The van der Waals surface area contributed by atoms with E-state index in [4.69, 9.17) is 9.47 Å². The highest BCUT2D eigenvalue weighted by Gasteiger charge is 2.60. The maximum atomic E-state index is 13.2. The van der Waals surface area contributed by atoms with Crippen LogP contribution < -0.4 is 4.74 Å². The maximum Gasteiger partial charge on any atom is 0.319 e. The third-order valence-electron chi connectivity index (χ3n) is 5.42. The number of carbonyl (C=O) groups excluding carboxylic acids is 2. The smallest absolute Gasteiger partial charge is 0.319 e. The second kappa shape index (κ2) is 5.66. The predicted octanol–water partition coefficient (Wildman–Crippen LogP) is 3.84. The fourth-order valence-corrected chi connectivity index (χ4v) is 4.04. The van der Waals surface area contributed by atoms with E-state index in [1.54, 1.807) is 21.0 Å². The van der Waals surface area contributed by atoms with E-state index in [0.29, 0.717) is 0 Å². The summed E-state index contributed by atoms with van der Waals surface area (Å²) in [5.41, 5.74) is -0.755. The molecule has 0 N–H and O–H groups in total. The molecular weight excluding hydrogens is 292 g/mol. The molecule has 1 aliphatic heterocycles. The van der Waals surface area contributed by atoms with E-state index in [0.717, 1.165) is 43.4 Å². The van der Waals surface area contributed by atoms with Gasteiger partial charge in [0.1, 0.15) is 17.3 Å². The molecule has 1 saturated heterocycles. The summed E-state index contributed by atoms with van der Waals surface area (Å²) >= 11 is 0. The van der Waals surface area contributed by atoms with Crippen LogP contribution in [0.15, 0.2) is 24.3 Å². The number of Topliss-reactive ketones (excluding diaryl/α,β-unsaturated/α-hetero) is 1. The van der Waals surface area contributed by atoms with Crippen LogP contribution in [-0.2, 0) is 14.3 Å². The lowest BCUT2D eigenvalue weighted by Gasteiger charge is -2.49. The van der Waals surface area contributed by atoms with Gasteiger partial charge in [0, 0.05) is 0 Å². The van der Waals surface area contributed by atoms with E-state index in [2.05, 4.69) is 0 Å². The third kappa shape index (κ3) is 2.44. The van der Waals surface area contributed by atoms with Crippen LogP contribution in [0.25, 0.3) is 0 Å². The molecule has 2 aliphatic rings. The fourth-order valence-electron chi connectivity index (χ4n) is 4.04. The Morgan fingerprint density at radius 1 is 1.04 bits per heavy atom. The molecule has 1 aromatic carbocycles. The molecule has 4 heteroatoms. The number of hydrogen-bond acceptors (Lipinski definition) is 4. The Hall–Kier alpha value is -1.84. The molecule has 124 valence electrons. The summed E-state index contributed by atoms with van der Waals surface area (Å²) in [6.07, 6.45) is 4.25. The van der Waals surface area contributed by atoms with Crippen molar-refractivity contribution in [1.82, 2.24) is 0 Å². The fraction of sp³-hybridized carbons (Fsp3) is 0.579. The Morgan fingerprint density at radius 2 is 1.65 bits per heavy atom. The van der Waals surface area contributed by atoms with E-state index in [1.807, 2.05) is 24.3 Å². The van der Waals surface area contributed by atoms with Crippen molar-refractivity contribution in [3.05, 3.63) is 29.8 Å². The Morgan fingerprint density at radius 3 is 2.22 bits per heavy atom. The Bertz CT molecular complexity index is 609. The van der Waals surface area contributed by atoms with Crippen molar-refractivity contribution in [3.8, 4) is 5.75 Å². The van der Waals surface area contributed by atoms with Gasteiger partial charge in [0.25, 0.3) is 0 Å². The number of benzene rings is 1. The minimum absolute atomic E-state index is 0.0433. The van der Waals surface area contributed by atoms with Gasteiger partial charge in [-0.25, -0.2) is 0 Å². The number of hydrogen-bond donors (Lipinski definition) is 0. The average molecular weight is 316 g/mol. The zero-order valence-corrected chi connectivity index (χ0v) is 14.1. The first kappa shape index (κ1) is 16.0. The normalized spacial score (nSPS) is 26.0. The number of methoxy groups -OCH3 is 1. The number of rotatable bonds is 2. The highest BCUT2D eigenvalue weighted by atomic mass is 16.5. The number of ketones is 1. The standard InChI is InChI=1S/C19H24O4/c1-18(2)16(20)19(11-5-4-6-12-19)15(23-17(18)21)13-7-9-14(22-3)10-8-13/h7-10,15H,4-6,11-12H2,1-3H3/t15-/m0/s1. The van der Waals surface area contributed by atoms with Crippen LogP contribution in [0.4, 0.5) is 0 Å². The Kier molecular flexibility index (Phi) is 3.95. The van der Waals surface area contributed by atoms with Gasteiger partial charge < -0.3 is 9.47 Å². The van der Waals surface area contributed by atoms with Crippen LogP contribution in [0.1, 0.15) is 57.6 Å². The molecule has 3 rings (SSSR count). The molecule has 1 saturated carbocycles. The zero-order valence-electron chi connectivity index (χ0n) is 14.1. The summed E-state index contributed by atoms with van der Waals surface area (Å²) in [5.74, 6) is 0.376. The number of esters is 1. The third-order valence-corrected chi connectivity index (χ3v) is 5.42. The molecule has 2 fully saturated rings. The minimum Gasteiger partial charge on any atom is -0.497 e. The minimum atomic E-state index is -1.06. The lowest BCUT2D eigenvalue weighted by atomic mass is 9.59. The number of cyclic esters (lactones) is 1. The number of ether oxygens (including phenoxy) is 2. The summed E-state index contributed by atoms with van der Waals surface area (Å²) in [4.78, 5) is 25.6. The molecule has 1 heterocycles. The molecule has 1 aliphatic carbocycles. The van der Waals surface area contributed by atoms with Crippen molar-refractivity contribution in [3.63, 3.8) is 0 Å². The van der Waals surface area contributed by atoms with E-state index in [-0.39, 0.29) is 5.78 Å². The van der Waals surface area contributed by atoms with Gasteiger partial charge in [0.15, 0.2) is 5.78 Å². The first-order valence-electron chi connectivity index (χ1n) is 8.32. The van der Waals surface area contributed by atoms with Gasteiger partial charge in [0.05, 0.1) is 12.5 Å². The topological polar surface area (TPSA) is 52.6 Å². The molecule has 0 amide bonds. The Balaban J connectivity index is 2.04. The van der Waals surface area contributed by atoms with Gasteiger partial charge in [-0.1, -0.05) is 31.4 Å². The van der Waals surface area contributed by atoms with Crippen molar-refractivity contribution in [2.75, 3.05) is 7.11 Å². The molecule has 0 unspecified atom stereocenters. The van der Waals surface area contributed by atoms with Gasteiger partial charge in [-0.05, 0) is 44.4 Å². The molecule has 1 aromatic rings. The molecule has 4 nitrogen and oxygen atoms in total. The monoisotopic (exact) mass is 316 g/mol. The summed E-state index contributed by atoms with van der Waals surface area (Å²) in [7, 11) is 1.62. The lowest BCUT2D eigenvalue weighted by Crippen LogP contribution is -2.55. The van der Waals surface area contributed by atoms with Crippen LogP contribution in [0.3, 0.4) is 0 Å². The molecule has 0 radical (unpaired) electrons. The summed E-state index contributed by atoms with van der Waals surface area (Å²) in [5, 5.41) is 0. The Labute approximate surface area is 137 Å². The van der Waals surface area contributed by atoms with Gasteiger partial charge >= 0.3 is 5.97 Å². The number of carbonyl (C=O) groups is 2. The van der Waals surface area contributed by atoms with Crippen LogP contribution in [-0.4, -0.2) is 18.9 Å². The van der Waals surface area contributed by atoms with Crippen molar-refractivity contribution in [1.29, 1.82) is 0 Å². The largest absolute Gasteiger partial charge is 0.497 e. The van der Waals surface area contributed by atoms with Crippen molar-refractivity contribution < 1.29 is 19.1 Å². The van der Waals surface area contributed by atoms with E-state index >= 15 is 0 Å². The van der Waals surface area contributed by atoms with Crippen molar-refractivity contribution in [2.24, 2.45) is 10.8 Å². The maximum absolute atomic E-state index is 13.2. The van der Waals surface area contributed by atoms with Gasteiger partial charge in [-0.15, -0.1) is 0 Å². The first-order valence-corrected chi connectivity index (χ1v) is 8.32. The average Bonchev–Trinajstić information content (AvgIpc) is 2.58. The zero-order chi connectivity index (χ0) is 16.7. The van der Waals surface area contributed by atoms with E-state index in [1.165, 1.54) is 0 Å². The molecule has 1 spiro atoms. The first-order chi connectivity index (χ1) is 10.9. The molecule has 0 bridgehead atoms. The van der Waals surface area contributed by atoms with E-state index in [9.17, 15) is 9.59 Å². The SMILES string of the molecule is COc1ccc([C@@H]2OC(=O)C(C)(C)C(=O)C23CCCCC3)cc1. The molecule has 23 heavy (non-hydrogen) atoms. The van der Waals surface area contributed by atoms with Gasteiger partial charge in [-0.2, -0.15) is 0 Å². The molecular formula is C19H24O4.